The number of ether oxygens (including phenoxy) is 1. The van der Waals surface area contributed by atoms with Gasteiger partial charge in [0.25, 0.3) is 0 Å². The molecule has 2 aromatic heterocycles. The first-order chi connectivity index (χ1) is 16.0. The number of aliphatic hydroxyl groups is 1. The van der Waals surface area contributed by atoms with Gasteiger partial charge in [0.15, 0.2) is 11.6 Å². The fourth-order valence-corrected chi connectivity index (χ4v) is 4.71. The van der Waals surface area contributed by atoms with Crippen LogP contribution >= 0.6 is 11.8 Å². The van der Waals surface area contributed by atoms with Crippen molar-refractivity contribution in [2.45, 2.75) is 30.7 Å². The van der Waals surface area contributed by atoms with Gasteiger partial charge in [-0.3, -0.25) is 4.98 Å². The van der Waals surface area contributed by atoms with Gasteiger partial charge in [-0.15, -0.1) is 11.8 Å². The number of aryl methyl sites for hydroxylation is 1. The molecule has 0 unspecified atom stereocenters. The van der Waals surface area contributed by atoms with Crippen LogP contribution < -0.4 is 4.74 Å². The van der Waals surface area contributed by atoms with Crippen molar-refractivity contribution in [3.05, 3.63) is 94.3 Å². The maximum absolute atomic E-state index is 14.2. The molecule has 5 rings (SSSR count). The first-order valence-electron chi connectivity index (χ1n) is 10.3. The van der Waals surface area contributed by atoms with Crippen LogP contribution in [0.25, 0.3) is 11.4 Å². The summed E-state index contributed by atoms with van der Waals surface area (Å²) in [4.78, 5) is 13.7. The Morgan fingerprint density at radius 1 is 1.00 bits per heavy atom. The summed E-state index contributed by atoms with van der Waals surface area (Å²) < 4.78 is 33.8. The number of pyridine rings is 1. The lowest BCUT2D eigenvalue weighted by atomic mass is 9.99. The van der Waals surface area contributed by atoms with Gasteiger partial charge < -0.3 is 9.84 Å². The number of aromatic nitrogens is 3. The minimum absolute atomic E-state index is 0.166. The van der Waals surface area contributed by atoms with E-state index in [1.165, 1.54) is 30.0 Å². The van der Waals surface area contributed by atoms with E-state index in [4.69, 9.17) is 9.72 Å². The molecule has 4 aromatic rings. The van der Waals surface area contributed by atoms with E-state index in [9.17, 15) is 13.9 Å². The van der Waals surface area contributed by atoms with Crippen LogP contribution in [0.15, 0.2) is 59.8 Å². The van der Waals surface area contributed by atoms with Gasteiger partial charge in [-0.05, 0) is 42.8 Å². The van der Waals surface area contributed by atoms with E-state index >= 15 is 0 Å². The third-order valence-corrected chi connectivity index (χ3v) is 6.55. The molecule has 33 heavy (non-hydrogen) atoms. The molecule has 0 atom stereocenters. The molecule has 5 nitrogen and oxygen atoms in total. The van der Waals surface area contributed by atoms with Crippen LogP contribution in [0.4, 0.5) is 8.78 Å². The molecule has 2 aromatic carbocycles. The van der Waals surface area contributed by atoms with Crippen LogP contribution in [0.2, 0.25) is 0 Å². The Morgan fingerprint density at radius 2 is 1.79 bits per heavy atom. The highest BCUT2D eigenvalue weighted by atomic mass is 32.2. The highest BCUT2D eigenvalue weighted by molar-refractivity contribution is 7.98. The lowest BCUT2D eigenvalue weighted by molar-refractivity contribution is 0.278. The Labute approximate surface area is 193 Å². The van der Waals surface area contributed by atoms with Crippen LogP contribution in [-0.4, -0.2) is 20.1 Å². The Bertz CT molecular complexity index is 1350. The number of halogens is 2. The number of fused-ring (bicyclic) bond motifs is 2. The molecular formula is C25H19F2N3O2S. The predicted octanol–water partition coefficient (Wildman–Crippen LogP) is 5.61. The minimum atomic E-state index is -0.353. The van der Waals surface area contributed by atoms with Gasteiger partial charge in [0.2, 0.25) is 5.88 Å². The summed E-state index contributed by atoms with van der Waals surface area (Å²) in [6.07, 6.45) is 2.09. The maximum atomic E-state index is 14.2. The van der Waals surface area contributed by atoms with E-state index in [0.717, 1.165) is 11.1 Å². The lowest BCUT2D eigenvalue weighted by Crippen LogP contribution is -2.13. The molecule has 0 aliphatic carbocycles. The van der Waals surface area contributed by atoms with E-state index in [-0.39, 0.29) is 18.2 Å². The van der Waals surface area contributed by atoms with Crippen LogP contribution in [-0.2, 0) is 18.8 Å². The van der Waals surface area contributed by atoms with Crippen molar-refractivity contribution in [3.8, 4) is 23.0 Å². The highest BCUT2D eigenvalue weighted by Gasteiger charge is 2.27. The monoisotopic (exact) mass is 463 g/mol. The molecule has 0 amide bonds. The quantitative estimate of drug-likeness (QED) is 0.270. The second-order valence-electron chi connectivity index (χ2n) is 7.64. The molecule has 166 valence electrons. The Balaban J connectivity index is 1.60. The number of thioether (sulfide) groups is 1. The average Bonchev–Trinajstić information content (AvgIpc) is 2.83. The van der Waals surface area contributed by atoms with Gasteiger partial charge in [-0.1, -0.05) is 18.2 Å². The van der Waals surface area contributed by atoms with Crippen molar-refractivity contribution in [3.63, 3.8) is 0 Å². The number of hydrogen-bond acceptors (Lipinski definition) is 6. The largest absolute Gasteiger partial charge is 0.436 e. The number of aliphatic hydroxyl groups excluding tert-OH is 1. The zero-order valence-corrected chi connectivity index (χ0v) is 18.5. The Hall–Kier alpha value is -3.36. The van der Waals surface area contributed by atoms with E-state index in [1.807, 2.05) is 6.92 Å². The van der Waals surface area contributed by atoms with Gasteiger partial charge in [-0.2, -0.15) is 4.98 Å². The van der Waals surface area contributed by atoms with Crippen LogP contribution in [0.3, 0.4) is 0 Å². The second-order valence-corrected chi connectivity index (χ2v) is 8.60. The van der Waals surface area contributed by atoms with E-state index in [2.05, 4.69) is 9.97 Å². The van der Waals surface area contributed by atoms with Gasteiger partial charge in [0.1, 0.15) is 16.7 Å². The molecule has 1 aliphatic rings. The maximum Gasteiger partial charge on any atom is 0.227 e. The fraction of sp³-hybridized carbons (Fsp3) is 0.160. The molecule has 1 aliphatic heterocycles. The van der Waals surface area contributed by atoms with Crippen molar-refractivity contribution < 1.29 is 18.6 Å². The van der Waals surface area contributed by atoms with Crippen LogP contribution in [0.5, 0.6) is 11.6 Å². The van der Waals surface area contributed by atoms with Gasteiger partial charge in [-0.25, -0.2) is 13.8 Å². The Morgan fingerprint density at radius 3 is 2.55 bits per heavy atom. The smallest absolute Gasteiger partial charge is 0.227 e. The third kappa shape index (κ3) is 4.19. The van der Waals surface area contributed by atoms with Gasteiger partial charge in [0, 0.05) is 35.1 Å². The van der Waals surface area contributed by atoms with E-state index in [1.54, 1.807) is 36.5 Å². The lowest BCUT2D eigenvalue weighted by Gasteiger charge is -2.24. The molecule has 8 heteroatoms. The summed E-state index contributed by atoms with van der Waals surface area (Å²) in [7, 11) is 0. The topological polar surface area (TPSA) is 68.1 Å². The summed E-state index contributed by atoms with van der Waals surface area (Å²) >= 11 is 1.38. The average molecular weight is 464 g/mol. The second kappa shape index (κ2) is 8.88. The standard InChI is InChI=1S/C25H19F2N3O2S/c1-14-22-19(17(12-31)11-28-14)10-20-24(32-22)29-23(15-6-8-18(26)9-7-15)30-25(20)33-13-16-4-2-3-5-21(16)27/h2-9,11,31H,10,12-13H2,1H3. The fourth-order valence-electron chi connectivity index (χ4n) is 3.70. The molecule has 3 heterocycles. The van der Waals surface area contributed by atoms with E-state index < -0.39 is 0 Å². The minimum Gasteiger partial charge on any atom is -0.436 e. The zero-order chi connectivity index (χ0) is 22.9. The van der Waals surface area contributed by atoms with Crippen molar-refractivity contribution in [2.24, 2.45) is 0 Å². The van der Waals surface area contributed by atoms with E-state index in [0.29, 0.717) is 57.0 Å². The SMILES string of the molecule is Cc1ncc(CO)c2c1Oc1nc(-c3ccc(F)cc3)nc(SCc3ccccc3F)c1C2. The molecular weight excluding hydrogens is 444 g/mol. The summed E-state index contributed by atoms with van der Waals surface area (Å²) in [5.74, 6) is 1.08. The number of nitrogens with zero attached hydrogens (tertiary/aromatic N) is 3. The summed E-state index contributed by atoms with van der Waals surface area (Å²) in [5, 5.41) is 10.4. The van der Waals surface area contributed by atoms with Crippen LogP contribution in [0, 0.1) is 18.6 Å². The third-order valence-electron chi connectivity index (χ3n) is 5.48. The molecule has 0 spiro atoms. The molecule has 0 saturated carbocycles. The van der Waals surface area contributed by atoms with Crippen molar-refractivity contribution in [1.82, 2.24) is 15.0 Å². The first-order valence-corrected chi connectivity index (χ1v) is 11.3. The first kappa shape index (κ1) is 21.5. The number of rotatable bonds is 5. The van der Waals surface area contributed by atoms with Crippen molar-refractivity contribution >= 4 is 11.8 Å². The van der Waals surface area contributed by atoms with Gasteiger partial charge in [0.05, 0.1) is 17.9 Å². The van der Waals surface area contributed by atoms with Crippen molar-refractivity contribution in [2.75, 3.05) is 0 Å². The van der Waals surface area contributed by atoms with Crippen LogP contribution in [0.1, 0.15) is 27.9 Å². The summed E-state index contributed by atoms with van der Waals surface area (Å²) in [6, 6.07) is 12.5. The molecule has 0 radical (unpaired) electrons. The van der Waals surface area contributed by atoms with Gasteiger partial charge >= 0.3 is 0 Å². The highest BCUT2D eigenvalue weighted by Crippen LogP contribution is 2.43. The number of benzene rings is 2. The Kier molecular flexibility index (Phi) is 5.78. The summed E-state index contributed by atoms with van der Waals surface area (Å²) in [6.45, 7) is 1.67. The molecule has 0 bridgehead atoms. The predicted molar refractivity (Wildman–Crippen MR) is 121 cm³/mol. The summed E-state index contributed by atoms with van der Waals surface area (Å²) in [5.41, 5.74) is 4.16. The molecule has 0 saturated heterocycles. The van der Waals surface area contributed by atoms with Crippen molar-refractivity contribution in [1.29, 1.82) is 0 Å². The molecule has 1 N–H and O–H groups in total. The number of hydrogen-bond donors (Lipinski definition) is 1. The molecule has 0 fully saturated rings. The zero-order valence-electron chi connectivity index (χ0n) is 17.7. The normalized spacial score (nSPS) is 12.1.